The van der Waals surface area contributed by atoms with Crippen LogP contribution in [-0.4, -0.2) is 31.0 Å². The molecule has 2 aliphatic rings. The Morgan fingerprint density at radius 3 is 2.66 bits per heavy atom. The Morgan fingerprint density at radius 2 is 1.98 bits per heavy atom. The Bertz CT molecular complexity index is 1600. The highest BCUT2D eigenvalue weighted by molar-refractivity contribution is 9.10. The van der Waals surface area contributed by atoms with Gasteiger partial charge in [0.2, 0.25) is 11.8 Å². The first-order valence-electron chi connectivity index (χ1n) is 13.1. The van der Waals surface area contributed by atoms with E-state index in [2.05, 4.69) is 52.7 Å². The second-order valence-corrected chi connectivity index (χ2v) is 12.9. The molecule has 2 amide bonds. The van der Waals surface area contributed by atoms with Crippen LogP contribution in [0.2, 0.25) is 5.02 Å². The van der Waals surface area contributed by atoms with Gasteiger partial charge in [-0.2, -0.15) is 5.26 Å². The molecule has 4 atom stereocenters. The molecule has 7 nitrogen and oxygen atoms in total. The number of nitriles is 1. The number of carbonyl (C=O) groups excluding carboxylic acids is 2. The number of amides is 2. The van der Waals surface area contributed by atoms with Crippen LogP contribution < -0.4 is 20.7 Å². The molecule has 1 fully saturated rings. The summed E-state index contributed by atoms with van der Waals surface area (Å²) in [7, 11) is 1.44. The lowest BCUT2D eigenvalue weighted by molar-refractivity contribution is -0.122. The van der Waals surface area contributed by atoms with Crippen molar-refractivity contribution in [1.29, 1.82) is 5.26 Å². The van der Waals surface area contributed by atoms with E-state index in [1.807, 2.05) is 24.3 Å². The van der Waals surface area contributed by atoms with Gasteiger partial charge in [-0.15, -0.1) is 0 Å². The Kier molecular flexibility index (Phi) is 7.62. The molecule has 5 rings (SSSR count). The molecule has 3 aromatic rings. The van der Waals surface area contributed by atoms with Crippen LogP contribution in [0.25, 0.3) is 0 Å². The lowest BCUT2D eigenvalue weighted by Gasteiger charge is -2.37. The Hall–Kier alpha value is -3.45. The molecule has 1 spiro atoms. The van der Waals surface area contributed by atoms with Gasteiger partial charge in [-0.05, 0) is 53.3 Å². The van der Waals surface area contributed by atoms with Crippen LogP contribution in [0.15, 0.2) is 59.1 Å². The van der Waals surface area contributed by atoms with E-state index in [1.165, 1.54) is 19.2 Å². The zero-order valence-corrected chi connectivity index (χ0v) is 25.3. The summed E-state index contributed by atoms with van der Waals surface area (Å²) in [5, 5.41) is 18.5. The van der Waals surface area contributed by atoms with Crippen molar-refractivity contribution in [2.24, 2.45) is 5.41 Å². The number of fused-ring (bicyclic) bond motifs is 2. The van der Waals surface area contributed by atoms with Crippen molar-refractivity contribution in [2.45, 2.75) is 50.6 Å². The van der Waals surface area contributed by atoms with Crippen molar-refractivity contribution in [3.63, 3.8) is 0 Å². The molecule has 41 heavy (non-hydrogen) atoms. The zero-order chi connectivity index (χ0) is 29.7. The monoisotopic (exact) mass is 638 g/mol. The van der Waals surface area contributed by atoms with Gasteiger partial charge in [0.25, 0.3) is 0 Å². The van der Waals surface area contributed by atoms with E-state index in [0.29, 0.717) is 34.7 Å². The van der Waals surface area contributed by atoms with Gasteiger partial charge in [0.05, 0.1) is 35.5 Å². The van der Waals surface area contributed by atoms with E-state index in [0.717, 1.165) is 4.47 Å². The highest BCUT2D eigenvalue weighted by Gasteiger charge is 2.66. The molecule has 3 aromatic carbocycles. The molecule has 2 aliphatic heterocycles. The SMILES string of the molecule is COc1cc(C#N)ccc1NC(=O)C1NC(CC(C)(C)C)C2(C(=O)Nc3cc(Br)ccc32)C1c1cccc(Cl)c1F. The number of carbonyl (C=O) groups is 2. The summed E-state index contributed by atoms with van der Waals surface area (Å²) < 4.78 is 22.1. The fourth-order valence-corrected chi connectivity index (χ4v) is 6.77. The van der Waals surface area contributed by atoms with Crippen LogP contribution in [0.3, 0.4) is 0 Å². The van der Waals surface area contributed by atoms with E-state index in [4.69, 9.17) is 16.3 Å². The molecule has 10 heteroatoms. The Balaban J connectivity index is 1.71. The number of anilines is 2. The van der Waals surface area contributed by atoms with Crippen molar-refractivity contribution in [2.75, 3.05) is 17.7 Å². The molecule has 4 unspecified atom stereocenters. The maximum Gasteiger partial charge on any atom is 0.242 e. The second kappa shape index (κ2) is 10.8. The number of nitrogens with zero attached hydrogens (tertiary/aromatic N) is 1. The third-order valence-corrected chi connectivity index (χ3v) is 8.59. The molecule has 0 aromatic heterocycles. The minimum Gasteiger partial charge on any atom is -0.495 e. The first-order valence-corrected chi connectivity index (χ1v) is 14.3. The summed E-state index contributed by atoms with van der Waals surface area (Å²) in [5.74, 6) is -2.13. The number of hydrogen-bond donors (Lipinski definition) is 3. The third-order valence-electron chi connectivity index (χ3n) is 7.81. The van der Waals surface area contributed by atoms with Crippen molar-refractivity contribution in [3.05, 3.63) is 86.6 Å². The van der Waals surface area contributed by atoms with Gasteiger partial charge in [-0.1, -0.05) is 66.5 Å². The molecular weight excluding hydrogens is 611 g/mol. The predicted molar refractivity (Wildman–Crippen MR) is 160 cm³/mol. The van der Waals surface area contributed by atoms with Crippen LogP contribution in [-0.2, 0) is 15.0 Å². The van der Waals surface area contributed by atoms with Gasteiger partial charge < -0.3 is 20.7 Å². The maximum absolute atomic E-state index is 15.9. The average molecular weight is 640 g/mol. The molecule has 0 radical (unpaired) electrons. The second-order valence-electron chi connectivity index (χ2n) is 11.6. The van der Waals surface area contributed by atoms with Crippen LogP contribution >= 0.6 is 27.5 Å². The molecule has 2 heterocycles. The first-order chi connectivity index (χ1) is 19.4. The minimum atomic E-state index is -1.33. The molecule has 0 saturated carbocycles. The summed E-state index contributed by atoms with van der Waals surface area (Å²) in [6, 6.07) is 15.3. The number of methoxy groups -OCH3 is 1. The van der Waals surface area contributed by atoms with E-state index in [9.17, 15) is 14.9 Å². The number of nitrogens with one attached hydrogen (secondary N) is 3. The molecule has 1 saturated heterocycles. The zero-order valence-electron chi connectivity index (χ0n) is 22.9. The lowest BCUT2D eigenvalue weighted by atomic mass is 9.62. The number of hydrogen-bond acceptors (Lipinski definition) is 5. The van der Waals surface area contributed by atoms with Gasteiger partial charge >= 0.3 is 0 Å². The number of rotatable bonds is 5. The van der Waals surface area contributed by atoms with E-state index >= 15 is 4.39 Å². The number of benzene rings is 3. The van der Waals surface area contributed by atoms with Gasteiger partial charge in [0.1, 0.15) is 17.0 Å². The minimum absolute atomic E-state index is 0.0979. The Labute approximate surface area is 251 Å². The van der Waals surface area contributed by atoms with Crippen LogP contribution in [0.1, 0.15) is 49.8 Å². The van der Waals surface area contributed by atoms with Crippen LogP contribution in [0.4, 0.5) is 15.8 Å². The molecule has 3 N–H and O–H groups in total. The molecule has 212 valence electrons. The summed E-state index contributed by atoms with van der Waals surface area (Å²) in [5.41, 5.74) is 0.590. The molecular formula is C31H29BrClFN4O3. The van der Waals surface area contributed by atoms with Gasteiger partial charge in [0, 0.05) is 28.2 Å². The lowest BCUT2D eigenvalue weighted by Crippen LogP contribution is -2.49. The maximum atomic E-state index is 15.9. The van der Waals surface area contributed by atoms with Gasteiger partial charge in [-0.25, -0.2) is 4.39 Å². The topological polar surface area (TPSA) is 103 Å². The van der Waals surface area contributed by atoms with Crippen molar-refractivity contribution in [3.8, 4) is 11.8 Å². The fraction of sp³-hybridized carbons (Fsp3) is 0.323. The summed E-state index contributed by atoms with van der Waals surface area (Å²) in [6.45, 7) is 6.17. The van der Waals surface area contributed by atoms with E-state index in [-0.39, 0.29) is 21.9 Å². The smallest absolute Gasteiger partial charge is 0.242 e. The summed E-state index contributed by atoms with van der Waals surface area (Å²) in [4.78, 5) is 28.4. The van der Waals surface area contributed by atoms with E-state index in [1.54, 1.807) is 24.3 Å². The summed E-state index contributed by atoms with van der Waals surface area (Å²) in [6.07, 6.45) is 0.512. The van der Waals surface area contributed by atoms with Crippen molar-refractivity contribution >= 4 is 50.7 Å². The standard InChI is InChI=1S/C31H29BrClFN4O3/c1-30(2,3)14-24-31(19-10-9-17(32)13-22(19)37-29(31)40)25(18-6-5-7-20(33)26(18)34)27(38-24)28(39)36-21-11-8-16(15-35)12-23(21)41-4/h5-13,24-25,27,38H,14H2,1-4H3,(H,36,39)(H,37,40). The van der Waals surface area contributed by atoms with Crippen LogP contribution in [0.5, 0.6) is 5.75 Å². The highest BCUT2D eigenvalue weighted by Crippen LogP contribution is 2.57. The largest absolute Gasteiger partial charge is 0.495 e. The van der Waals surface area contributed by atoms with Crippen molar-refractivity contribution in [1.82, 2.24) is 5.32 Å². The van der Waals surface area contributed by atoms with Gasteiger partial charge in [-0.3, -0.25) is 9.59 Å². The van der Waals surface area contributed by atoms with E-state index < -0.39 is 35.1 Å². The highest BCUT2D eigenvalue weighted by atomic mass is 79.9. The number of halogens is 3. The predicted octanol–water partition coefficient (Wildman–Crippen LogP) is 6.51. The average Bonchev–Trinajstić information content (AvgIpc) is 3.39. The first kappa shape index (κ1) is 29.1. The van der Waals surface area contributed by atoms with Gasteiger partial charge in [0.15, 0.2) is 0 Å². The Morgan fingerprint density at radius 1 is 1.22 bits per heavy atom. The molecule has 0 aliphatic carbocycles. The normalized spacial score (nSPS) is 23.2. The van der Waals surface area contributed by atoms with Crippen molar-refractivity contribution < 1.29 is 18.7 Å². The third kappa shape index (κ3) is 4.99. The quantitative estimate of drug-likeness (QED) is 0.295. The number of ether oxygens (including phenoxy) is 1. The molecule has 0 bridgehead atoms. The summed E-state index contributed by atoms with van der Waals surface area (Å²) >= 11 is 9.75. The van der Waals surface area contributed by atoms with Crippen LogP contribution in [0, 0.1) is 22.6 Å². The fourth-order valence-electron chi connectivity index (χ4n) is 6.23.